The first-order chi connectivity index (χ1) is 14.7. The van der Waals surface area contributed by atoms with Crippen molar-refractivity contribution in [3.8, 4) is 17.2 Å². The van der Waals surface area contributed by atoms with Gasteiger partial charge in [-0.1, -0.05) is 30.3 Å². The summed E-state index contributed by atoms with van der Waals surface area (Å²) in [4.78, 5) is 12.0. The lowest BCUT2D eigenvalue weighted by Crippen LogP contribution is -2.17. The van der Waals surface area contributed by atoms with Crippen molar-refractivity contribution in [1.29, 1.82) is 0 Å². The lowest BCUT2D eigenvalue weighted by Gasteiger charge is -2.09. The maximum Gasteiger partial charge on any atom is 0.271 e. The fraction of sp³-hybridized carbons (Fsp3) is 0.167. The minimum Gasteiger partial charge on any atom is -0.497 e. The van der Waals surface area contributed by atoms with E-state index >= 15 is 0 Å². The number of hydrogen-bond donors (Lipinski definition) is 1. The van der Waals surface area contributed by atoms with Gasteiger partial charge in [0.2, 0.25) is 0 Å². The zero-order valence-corrected chi connectivity index (χ0v) is 16.8. The Labute approximate surface area is 176 Å². The second-order valence-electron chi connectivity index (χ2n) is 6.36. The van der Waals surface area contributed by atoms with Crippen molar-refractivity contribution in [2.75, 3.05) is 20.3 Å². The van der Waals surface area contributed by atoms with Gasteiger partial charge < -0.3 is 14.2 Å². The fourth-order valence-electron chi connectivity index (χ4n) is 2.62. The Morgan fingerprint density at radius 1 is 0.867 bits per heavy atom. The highest BCUT2D eigenvalue weighted by Gasteiger charge is 2.02. The highest BCUT2D eigenvalue weighted by atomic mass is 16.5. The predicted molar refractivity (Wildman–Crippen MR) is 117 cm³/mol. The molecule has 3 rings (SSSR count). The molecule has 154 valence electrons. The quantitative estimate of drug-likeness (QED) is 0.311. The molecule has 1 amide bonds. The van der Waals surface area contributed by atoms with Gasteiger partial charge in [0.05, 0.1) is 26.5 Å². The zero-order valence-electron chi connectivity index (χ0n) is 16.8. The molecule has 0 radical (unpaired) electrons. The van der Waals surface area contributed by atoms with E-state index in [0.717, 1.165) is 29.2 Å². The Kier molecular flexibility index (Phi) is 7.85. The van der Waals surface area contributed by atoms with Crippen molar-refractivity contribution in [2.24, 2.45) is 5.10 Å². The van der Waals surface area contributed by atoms with Crippen LogP contribution in [0.3, 0.4) is 0 Å². The molecule has 0 aliphatic carbocycles. The normalized spacial score (nSPS) is 10.6. The monoisotopic (exact) mass is 404 g/mol. The summed E-state index contributed by atoms with van der Waals surface area (Å²) >= 11 is 0. The van der Waals surface area contributed by atoms with E-state index in [9.17, 15) is 4.79 Å². The second-order valence-corrected chi connectivity index (χ2v) is 6.36. The van der Waals surface area contributed by atoms with E-state index in [-0.39, 0.29) is 5.91 Å². The van der Waals surface area contributed by atoms with E-state index in [1.165, 1.54) is 0 Å². The van der Waals surface area contributed by atoms with Gasteiger partial charge in [-0.05, 0) is 54.1 Å². The van der Waals surface area contributed by atoms with Crippen molar-refractivity contribution >= 4 is 12.1 Å². The first-order valence-corrected chi connectivity index (χ1v) is 9.63. The molecule has 0 spiro atoms. The third-order valence-electron chi connectivity index (χ3n) is 4.16. The lowest BCUT2D eigenvalue weighted by molar-refractivity contribution is 0.0955. The van der Waals surface area contributed by atoms with Crippen LogP contribution in [0.5, 0.6) is 17.2 Å². The molecule has 0 aliphatic rings. The SMILES string of the molecule is COc1ccc(OCCCOc2cccc(/C=N/NC(=O)c3ccccc3)c2)cc1. The van der Waals surface area contributed by atoms with Crippen LogP contribution >= 0.6 is 0 Å². The molecule has 0 heterocycles. The summed E-state index contributed by atoms with van der Waals surface area (Å²) in [6, 6.07) is 23.9. The van der Waals surface area contributed by atoms with Gasteiger partial charge in [0.25, 0.3) is 5.91 Å². The van der Waals surface area contributed by atoms with Crippen LogP contribution in [-0.2, 0) is 0 Å². The number of ether oxygens (including phenoxy) is 3. The number of hydrogen-bond acceptors (Lipinski definition) is 5. The van der Waals surface area contributed by atoms with E-state index in [1.807, 2.05) is 66.7 Å². The molecule has 0 bridgehead atoms. The highest BCUT2D eigenvalue weighted by molar-refractivity contribution is 5.94. The number of rotatable bonds is 10. The summed E-state index contributed by atoms with van der Waals surface area (Å²) in [7, 11) is 1.63. The van der Waals surface area contributed by atoms with Gasteiger partial charge in [-0.25, -0.2) is 5.43 Å². The number of nitrogens with one attached hydrogen (secondary N) is 1. The molecule has 1 N–H and O–H groups in total. The molecule has 0 aromatic heterocycles. The Bertz CT molecular complexity index is 956. The smallest absolute Gasteiger partial charge is 0.271 e. The lowest BCUT2D eigenvalue weighted by atomic mass is 10.2. The predicted octanol–water partition coefficient (Wildman–Crippen LogP) is 4.31. The van der Waals surface area contributed by atoms with Gasteiger partial charge in [-0.15, -0.1) is 0 Å². The van der Waals surface area contributed by atoms with Crippen LogP contribution in [-0.4, -0.2) is 32.4 Å². The Morgan fingerprint density at radius 2 is 1.57 bits per heavy atom. The largest absolute Gasteiger partial charge is 0.497 e. The molecule has 6 nitrogen and oxygen atoms in total. The Balaban J connectivity index is 1.39. The molecule has 0 fully saturated rings. The van der Waals surface area contributed by atoms with E-state index in [4.69, 9.17) is 14.2 Å². The van der Waals surface area contributed by atoms with Gasteiger partial charge in [0.15, 0.2) is 0 Å². The average molecular weight is 404 g/mol. The van der Waals surface area contributed by atoms with E-state index in [1.54, 1.807) is 25.5 Å². The third kappa shape index (κ3) is 6.67. The second kappa shape index (κ2) is 11.3. The van der Waals surface area contributed by atoms with Gasteiger partial charge in [0.1, 0.15) is 17.2 Å². The van der Waals surface area contributed by atoms with Crippen molar-refractivity contribution in [1.82, 2.24) is 5.43 Å². The molecule has 0 unspecified atom stereocenters. The van der Waals surface area contributed by atoms with Crippen molar-refractivity contribution in [2.45, 2.75) is 6.42 Å². The Morgan fingerprint density at radius 3 is 2.30 bits per heavy atom. The van der Waals surface area contributed by atoms with Crippen LogP contribution < -0.4 is 19.6 Å². The summed E-state index contributed by atoms with van der Waals surface area (Å²) in [5.74, 6) is 2.08. The minimum atomic E-state index is -0.254. The number of nitrogens with zero attached hydrogens (tertiary/aromatic N) is 1. The van der Waals surface area contributed by atoms with Crippen LogP contribution in [0.2, 0.25) is 0 Å². The van der Waals surface area contributed by atoms with Crippen LogP contribution in [0.15, 0.2) is 84.0 Å². The zero-order chi connectivity index (χ0) is 21.0. The molecule has 0 atom stereocenters. The minimum absolute atomic E-state index is 0.254. The standard InChI is InChI=1S/C24H24N2O4/c1-28-21-11-13-22(14-12-21)29-15-6-16-30-23-10-5-7-19(17-23)18-25-26-24(27)20-8-3-2-4-9-20/h2-5,7-14,17-18H,6,15-16H2,1H3,(H,26,27)/b25-18+. The topological polar surface area (TPSA) is 69.2 Å². The maximum atomic E-state index is 12.0. The molecule has 3 aromatic carbocycles. The molecule has 0 aliphatic heterocycles. The fourth-order valence-corrected chi connectivity index (χ4v) is 2.62. The van der Waals surface area contributed by atoms with Crippen LogP contribution in [0.4, 0.5) is 0 Å². The van der Waals surface area contributed by atoms with E-state index in [0.29, 0.717) is 18.8 Å². The van der Waals surface area contributed by atoms with E-state index in [2.05, 4.69) is 10.5 Å². The maximum absolute atomic E-state index is 12.0. The molecule has 6 heteroatoms. The van der Waals surface area contributed by atoms with Gasteiger partial charge in [-0.2, -0.15) is 5.10 Å². The van der Waals surface area contributed by atoms with Crippen LogP contribution in [0, 0.1) is 0 Å². The van der Waals surface area contributed by atoms with Crippen LogP contribution in [0.1, 0.15) is 22.3 Å². The number of hydrazone groups is 1. The molecule has 0 saturated carbocycles. The summed E-state index contributed by atoms with van der Waals surface area (Å²) < 4.78 is 16.6. The van der Waals surface area contributed by atoms with Crippen molar-refractivity contribution < 1.29 is 19.0 Å². The van der Waals surface area contributed by atoms with Crippen LogP contribution in [0.25, 0.3) is 0 Å². The number of carbonyl (C=O) groups is 1. The van der Waals surface area contributed by atoms with Gasteiger partial charge >= 0.3 is 0 Å². The first kappa shape index (κ1) is 20.9. The number of methoxy groups -OCH3 is 1. The number of benzene rings is 3. The number of amides is 1. The van der Waals surface area contributed by atoms with Crippen molar-refractivity contribution in [3.05, 3.63) is 90.0 Å². The molecule has 3 aromatic rings. The first-order valence-electron chi connectivity index (χ1n) is 9.63. The molecule has 30 heavy (non-hydrogen) atoms. The summed E-state index contributed by atoms with van der Waals surface area (Å²) in [6.07, 6.45) is 2.33. The molecular weight excluding hydrogens is 380 g/mol. The molecular formula is C24H24N2O4. The summed E-state index contributed by atoms with van der Waals surface area (Å²) in [6.45, 7) is 1.08. The highest BCUT2D eigenvalue weighted by Crippen LogP contribution is 2.17. The van der Waals surface area contributed by atoms with Gasteiger partial charge in [-0.3, -0.25) is 4.79 Å². The summed E-state index contributed by atoms with van der Waals surface area (Å²) in [5, 5.41) is 4.01. The molecule has 0 saturated heterocycles. The van der Waals surface area contributed by atoms with E-state index < -0.39 is 0 Å². The van der Waals surface area contributed by atoms with Crippen molar-refractivity contribution in [3.63, 3.8) is 0 Å². The summed E-state index contributed by atoms with van der Waals surface area (Å²) in [5.41, 5.74) is 3.90. The van der Waals surface area contributed by atoms with Gasteiger partial charge in [0, 0.05) is 12.0 Å². The Hall–Kier alpha value is -3.80. The average Bonchev–Trinajstić information content (AvgIpc) is 2.80. The third-order valence-corrected chi connectivity index (χ3v) is 4.16. The number of carbonyl (C=O) groups excluding carboxylic acids is 1.